The van der Waals surface area contributed by atoms with Gasteiger partial charge in [-0.3, -0.25) is 4.79 Å². The standard InChI is InChI=1S/C15H24N2O3/c1-10(2)20-13-7-5-12(6-8-13)11(3)17-15(18)14(16)9-19-4/h5-8,10-11,14H,9,16H2,1-4H3,(H,17,18). The Morgan fingerprint density at radius 1 is 1.25 bits per heavy atom. The van der Waals surface area contributed by atoms with Crippen LogP contribution in [0.3, 0.4) is 0 Å². The molecule has 0 bridgehead atoms. The van der Waals surface area contributed by atoms with E-state index in [0.29, 0.717) is 0 Å². The molecule has 5 nitrogen and oxygen atoms in total. The third-order valence-corrected chi connectivity index (χ3v) is 2.79. The van der Waals surface area contributed by atoms with Gasteiger partial charge in [0.15, 0.2) is 0 Å². The van der Waals surface area contributed by atoms with Gasteiger partial charge in [0.1, 0.15) is 11.8 Å². The van der Waals surface area contributed by atoms with Crippen molar-refractivity contribution in [2.45, 2.75) is 39.0 Å². The number of nitrogens with one attached hydrogen (secondary N) is 1. The molecule has 0 radical (unpaired) electrons. The van der Waals surface area contributed by atoms with E-state index in [1.165, 1.54) is 7.11 Å². The lowest BCUT2D eigenvalue weighted by Gasteiger charge is -2.18. The van der Waals surface area contributed by atoms with E-state index >= 15 is 0 Å². The highest BCUT2D eigenvalue weighted by molar-refractivity contribution is 5.82. The molecule has 0 aliphatic carbocycles. The smallest absolute Gasteiger partial charge is 0.239 e. The van der Waals surface area contributed by atoms with Gasteiger partial charge in [0.25, 0.3) is 0 Å². The van der Waals surface area contributed by atoms with Gasteiger partial charge in [0.2, 0.25) is 5.91 Å². The minimum absolute atomic E-state index is 0.112. The van der Waals surface area contributed by atoms with Gasteiger partial charge in [-0.2, -0.15) is 0 Å². The minimum atomic E-state index is -0.647. The van der Waals surface area contributed by atoms with Crippen LogP contribution in [0.2, 0.25) is 0 Å². The van der Waals surface area contributed by atoms with Crippen LogP contribution in [0.15, 0.2) is 24.3 Å². The lowest BCUT2D eigenvalue weighted by molar-refractivity contribution is -0.124. The van der Waals surface area contributed by atoms with Crippen molar-refractivity contribution in [1.29, 1.82) is 0 Å². The molecule has 0 aromatic heterocycles. The summed E-state index contributed by atoms with van der Waals surface area (Å²) in [5, 5.41) is 2.86. The largest absolute Gasteiger partial charge is 0.491 e. The van der Waals surface area contributed by atoms with E-state index in [0.717, 1.165) is 11.3 Å². The van der Waals surface area contributed by atoms with Crippen LogP contribution in [0.25, 0.3) is 0 Å². The summed E-state index contributed by atoms with van der Waals surface area (Å²) in [6.45, 7) is 6.08. The van der Waals surface area contributed by atoms with Crippen LogP contribution >= 0.6 is 0 Å². The maximum absolute atomic E-state index is 11.8. The second kappa shape index (κ2) is 7.87. The molecular formula is C15H24N2O3. The second-order valence-electron chi connectivity index (χ2n) is 5.03. The number of hydrogen-bond acceptors (Lipinski definition) is 4. The van der Waals surface area contributed by atoms with Crippen LogP contribution in [0.5, 0.6) is 5.75 Å². The Morgan fingerprint density at radius 2 is 1.85 bits per heavy atom. The van der Waals surface area contributed by atoms with Gasteiger partial charge < -0.3 is 20.5 Å². The molecule has 1 aromatic rings. The lowest BCUT2D eigenvalue weighted by atomic mass is 10.1. The number of hydrogen-bond donors (Lipinski definition) is 2. The van der Waals surface area contributed by atoms with Gasteiger partial charge in [0, 0.05) is 7.11 Å². The molecule has 2 unspecified atom stereocenters. The predicted molar refractivity (Wildman–Crippen MR) is 78.6 cm³/mol. The first-order chi connectivity index (χ1) is 9.43. The van der Waals surface area contributed by atoms with Gasteiger partial charge in [0.05, 0.1) is 18.8 Å². The van der Waals surface area contributed by atoms with Gasteiger partial charge >= 0.3 is 0 Å². The van der Waals surface area contributed by atoms with E-state index in [4.69, 9.17) is 15.2 Å². The summed E-state index contributed by atoms with van der Waals surface area (Å²) in [6.07, 6.45) is 0.144. The molecular weight excluding hydrogens is 256 g/mol. The molecule has 2 atom stereocenters. The van der Waals surface area contributed by atoms with Crippen molar-refractivity contribution in [3.05, 3.63) is 29.8 Å². The zero-order chi connectivity index (χ0) is 15.1. The maximum atomic E-state index is 11.8. The van der Waals surface area contributed by atoms with E-state index < -0.39 is 6.04 Å². The summed E-state index contributed by atoms with van der Waals surface area (Å²) in [6, 6.07) is 6.90. The fourth-order valence-corrected chi connectivity index (χ4v) is 1.77. The Labute approximate surface area is 120 Å². The van der Waals surface area contributed by atoms with Crippen LogP contribution in [0, 0.1) is 0 Å². The Kier molecular flexibility index (Phi) is 6.48. The second-order valence-corrected chi connectivity index (χ2v) is 5.03. The Hall–Kier alpha value is -1.59. The van der Waals surface area contributed by atoms with E-state index in [1.54, 1.807) is 0 Å². The third-order valence-electron chi connectivity index (χ3n) is 2.79. The molecule has 112 valence electrons. The molecule has 0 saturated carbocycles. The number of ether oxygens (including phenoxy) is 2. The summed E-state index contributed by atoms with van der Waals surface area (Å²) in [5.41, 5.74) is 6.68. The average molecular weight is 280 g/mol. The molecule has 0 saturated heterocycles. The van der Waals surface area contributed by atoms with E-state index in [-0.39, 0.29) is 24.7 Å². The van der Waals surface area contributed by atoms with Gasteiger partial charge in [-0.25, -0.2) is 0 Å². The number of amides is 1. The first kappa shape index (κ1) is 16.5. The van der Waals surface area contributed by atoms with Crippen molar-refractivity contribution < 1.29 is 14.3 Å². The lowest BCUT2D eigenvalue weighted by Crippen LogP contribution is -2.44. The van der Waals surface area contributed by atoms with Crippen molar-refractivity contribution in [3.8, 4) is 5.75 Å². The van der Waals surface area contributed by atoms with E-state index in [1.807, 2.05) is 45.0 Å². The first-order valence-electron chi connectivity index (χ1n) is 6.75. The van der Waals surface area contributed by atoms with Crippen LogP contribution in [-0.4, -0.2) is 31.8 Å². The van der Waals surface area contributed by atoms with Gasteiger partial charge in [-0.15, -0.1) is 0 Å². The van der Waals surface area contributed by atoms with Crippen LogP contribution in [0.1, 0.15) is 32.4 Å². The molecule has 5 heteroatoms. The molecule has 20 heavy (non-hydrogen) atoms. The van der Waals surface area contributed by atoms with Crippen molar-refractivity contribution in [2.24, 2.45) is 5.73 Å². The third kappa shape index (κ3) is 5.19. The molecule has 1 aromatic carbocycles. The van der Waals surface area contributed by atoms with Crippen LogP contribution in [0.4, 0.5) is 0 Å². The fraction of sp³-hybridized carbons (Fsp3) is 0.533. The maximum Gasteiger partial charge on any atom is 0.239 e. The number of rotatable bonds is 7. The molecule has 3 N–H and O–H groups in total. The number of nitrogens with two attached hydrogens (primary N) is 1. The monoisotopic (exact) mass is 280 g/mol. The highest BCUT2D eigenvalue weighted by Gasteiger charge is 2.16. The number of carbonyl (C=O) groups excluding carboxylic acids is 1. The van der Waals surface area contributed by atoms with Crippen molar-refractivity contribution in [1.82, 2.24) is 5.32 Å². The number of carbonyl (C=O) groups is 1. The van der Waals surface area contributed by atoms with Crippen molar-refractivity contribution in [2.75, 3.05) is 13.7 Å². The van der Waals surface area contributed by atoms with E-state index in [2.05, 4.69) is 5.32 Å². The summed E-state index contributed by atoms with van der Waals surface area (Å²) >= 11 is 0. The van der Waals surface area contributed by atoms with E-state index in [9.17, 15) is 4.79 Å². The SMILES string of the molecule is COCC(N)C(=O)NC(C)c1ccc(OC(C)C)cc1. The Balaban J connectivity index is 2.59. The Morgan fingerprint density at radius 3 is 2.35 bits per heavy atom. The van der Waals surface area contributed by atoms with Crippen molar-refractivity contribution >= 4 is 5.91 Å². The van der Waals surface area contributed by atoms with Gasteiger partial charge in [-0.1, -0.05) is 12.1 Å². The summed E-state index contributed by atoms with van der Waals surface area (Å²) in [4.78, 5) is 11.8. The summed E-state index contributed by atoms with van der Waals surface area (Å²) in [5.74, 6) is 0.597. The zero-order valence-corrected chi connectivity index (χ0v) is 12.6. The van der Waals surface area contributed by atoms with Crippen molar-refractivity contribution in [3.63, 3.8) is 0 Å². The quantitative estimate of drug-likeness (QED) is 0.796. The fourth-order valence-electron chi connectivity index (χ4n) is 1.77. The predicted octanol–water partition coefficient (Wildman–Crippen LogP) is 1.62. The molecule has 0 spiro atoms. The molecule has 0 fully saturated rings. The average Bonchev–Trinajstić information content (AvgIpc) is 2.39. The highest BCUT2D eigenvalue weighted by atomic mass is 16.5. The number of methoxy groups -OCH3 is 1. The first-order valence-corrected chi connectivity index (χ1v) is 6.75. The van der Waals surface area contributed by atoms with Crippen LogP contribution in [-0.2, 0) is 9.53 Å². The molecule has 0 heterocycles. The molecule has 1 rings (SSSR count). The molecule has 0 aliphatic rings. The number of benzene rings is 1. The highest BCUT2D eigenvalue weighted by Crippen LogP contribution is 2.18. The minimum Gasteiger partial charge on any atom is -0.491 e. The zero-order valence-electron chi connectivity index (χ0n) is 12.6. The molecule has 1 amide bonds. The van der Waals surface area contributed by atoms with Gasteiger partial charge in [-0.05, 0) is 38.5 Å². The summed E-state index contributed by atoms with van der Waals surface area (Å²) in [7, 11) is 1.52. The topological polar surface area (TPSA) is 73.6 Å². The normalized spacial score (nSPS) is 13.9. The summed E-state index contributed by atoms with van der Waals surface area (Å²) < 4.78 is 10.4. The molecule has 0 aliphatic heterocycles. The van der Waals surface area contributed by atoms with Crippen LogP contribution < -0.4 is 15.8 Å². The Bertz CT molecular complexity index is 418.